The van der Waals surface area contributed by atoms with Crippen molar-refractivity contribution in [3.63, 3.8) is 0 Å². The van der Waals surface area contributed by atoms with E-state index >= 15 is 0 Å². The summed E-state index contributed by atoms with van der Waals surface area (Å²) in [6.07, 6.45) is 2.29. The number of benzene rings is 1. The van der Waals surface area contributed by atoms with Crippen molar-refractivity contribution in [1.29, 1.82) is 0 Å². The van der Waals surface area contributed by atoms with Crippen LogP contribution in [0, 0.1) is 5.92 Å². The first-order chi connectivity index (χ1) is 11.4. The van der Waals surface area contributed by atoms with Gasteiger partial charge in [-0.05, 0) is 29.7 Å². The first-order valence-corrected chi connectivity index (χ1v) is 8.73. The number of thiocarbonyl (C=S) groups is 1. The summed E-state index contributed by atoms with van der Waals surface area (Å²) in [5.74, 6) is -1.27. The molecule has 0 unspecified atom stereocenters. The fraction of sp³-hybridized carbons (Fsp3) is 0.353. The Morgan fingerprint density at radius 2 is 2.21 bits per heavy atom. The van der Waals surface area contributed by atoms with Crippen LogP contribution in [0.1, 0.15) is 25.8 Å². The van der Waals surface area contributed by atoms with Crippen LogP contribution in [0.2, 0.25) is 0 Å². The van der Waals surface area contributed by atoms with Gasteiger partial charge in [0.1, 0.15) is 10.1 Å². The first-order valence-electron chi connectivity index (χ1n) is 7.51. The van der Waals surface area contributed by atoms with Gasteiger partial charge in [-0.1, -0.05) is 56.4 Å². The Hall–Kier alpha value is -1.86. The molecule has 0 saturated carbocycles. The fourth-order valence-electron chi connectivity index (χ4n) is 2.42. The molecule has 1 fully saturated rings. The predicted octanol–water partition coefficient (Wildman–Crippen LogP) is 2.06. The Balaban J connectivity index is 2.33. The maximum atomic E-state index is 12.7. The molecule has 0 N–H and O–H groups in total. The van der Waals surface area contributed by atoms with E-state index in [0.717, 1.165) is 22.2 Å². The lowest BCUT2D eigenvalue weighted by Gasteiger charge is -2.32. The Morgan fingerprint density at radius 1 is 1.50 bits per heavy atom. The number of methoxy groups -OCH3 is 1. The number of amides is 1. The highest BCUT2D eigenvalue weighted by Crippen LogP contribution is 2.36. The van der Waals surface area contributed by atoms with Crippen LogP contribution in [0.3, 0.4) is 0 Å². The Labute approximate surface area is 150 Å². The summed E-state index contributed by atoms with van der Waals surface area (Å²) in [5, 5.41) is 11.5. The molecule has 24 heavy (non-hydrogen) atoms. The summed E-state index contributed by atoms with van der Waals surface area (Å²) < 4.78 is 5.40. The number of carbonyl (C=O) groups is 2. The molecule has 1 saturated heterocycles. The highest BCUT2D eigenvalue weighted by atomic mass is 32.2. The average Bonchev–Trinajstić information content (AvgIpc) is 2.82. The molecular formula is C17H18NO4S2-. The summed E-state index contributed by atoms with van der Waals surface area (Å²) in [7, 11) is 1.56. The van der Waals surface area contributed by atoms with Gasteiger partial charge in [0.25, 0.3) is 5.91 Å². The molecule has 0 aliphatic carbocycles. The molecule has 1 aromatic carbocycles. The molecule has 5 nitrogen and oxygen atoms in total. The van der Waals surface area contributed by atoms with Gasteiger partial charge < -0.3 is 14.6 Å². The molecule has 1 aromatic rings. The third-order valence-electron chi connectivity index (χ3n) is 3.92. The molecular weight excluding hydrogens is 346 g/mol. The molecule has 0 bridgehead atoms. The quantitative estimate of drug-likeness (QED) is 0.568. The molecule has 2 atom stereocenters. The zero-order chi connectivity index (χ0) is 17.9. The van der Waals surface area contributed by atoms with Crippen LogP contribution in [0.15, 0.2) is 29.2 Å². The number of carboxylic acids is 1. The molecule has 1 amide bonds. The van der Waals surface area contributed by atoms with E-state index < -0.39 is 17.9 Å². The number of hydrogen-bond acceptors (Lipinski definition) is 6. The van der Waals surface area contributed by atoms with Crippen molar-refractivity contribution in [2.75, 3.05) is 7.11 Å². The maximum absolute atomic E-state index is 12.7. The zero-order valence-corrected chi connectivity index (χ0v) is 15.3. The van der Waals surface area contributed by atoms with Gasteiger partial charge in [0.2, 0.25) is 0 Å². The smallest absolute Gasteiger partial charge is 0.266 e. The molecule has 2 rings (SSSR count). The average molecular weight is 364 g/mol. The number of carbonyl (C=O) groups excluding carboxylic acids is 2. The van der Waals surface area contributed by atoms with Crippen molar-refractivity contribution < 1.29 is 19.4 Å². The van der Waals surface area contributed by atoms with Crippen molar-refractivity contribution in [3.05, 3.63) is 34.7 Å². The van der Waals surface area contributed by atoms with Crippen molar-refractivity contribution in [3.8, 4) is 5.75 Å². The Morgan fingerprint density at radius 3 is 2.79 bits per heavy atom. The zero-order valence-electron chi connectivity index (χ0n) is 13.6. The van der Waals surface area contributed by atoms with Crippen molar-refractivity contribution in [2.45, 2.75) is 26.3 Å². The van der Waals surface area contributed by atoms with Crippen LogP contribution < -0.4 is 9.84 Å². The van der Waals surface area contributed by atoms with Crippen LogP contribution in [-0.4, -0.2) is 34.2 Å². The molecule has 1 heterocycles. The summed E-state index contributed by atoms with van der Waals surface area (Å²) in [5.41, 5.74) is 0.781. The minimum Gasteiger partial charge on any atom is -0.548 e. The molecule has 0 spiro atoms. The number of rotatable bonds is 6. The van der Waals surface area contributed by atoms with Crippen LogP contribution in [0.25, 0.3) is 6.08 Å². The van der Waals surface area contributed by atoms with Crippen LogP contribution in [0.5, 0.6) is 5.75 Å². The van der Waals surface area contributed by atoms with E-state index in [1.54, 1.807) is 32.2 Å². The van der Waals surface area contributed by atoms with Gasteiger partial charge in [-0.2, -0.15) is 0 Å². The van der Waals surface area contributed by atoms with Crippen molar-refractivity contribution in [2.24, 2.45) is 5.92 Å². The SMILES string of the molecule is CC[C@H](C)[C@H](C(=O)[O-])N1C(=O)/C(=C/c2cccc(OC)c2)SC1=S. The summed E-state index contributed by atoms with van der Waals surface area (Å²) >= 11 is 6.33. The van der Waals surface area contributed by atoms with Gasteiger partial charge in [-0.25, -0.2) is 0 Å². The molecule has 0 aromatic heterocycles. The Kier molecular flexibility index (Phi) is 6.01. The van der Waals surface area contributed by atoms with E-state index in [2.05, 4.69) is 0 Å². The van der Waals surface area contributed by atoms with Crippen LogP contribution in [-0.2, 0) is 9.59 Å². The summed E-state index contributed by atoms with van der Waals surface area (Å²) in [6, 6.07) is 6.18. The van der Waals surface area contributed by atoms with E-state index in [-0.39, 0.29) is 10.2 Å². The Bertz CT molecular complexity index is 702. The monoisotopic (exact) mass is 364 g/mol. The number of carboxylic acid groups (broad SMARTS) is 1. The van der Waals surface area contributed by atoms with Gasteiger partial charge >= 0.3 is 0 Å². The van der Waals surface area contributed by atoms with E-state index in [9.17, 15) is 14.7 Å². The normalized spacial score (nSPS) is 18.8. The summed E-state index contributed by atoms with van der Waals surface area (Å²) in [4.78, 5) is 25.7. The lowest BCUT2D eigenvalue weighted by molar-refractivity contribution is -0.311. The van der Waals surface area contributed by atoms with E-state index in [1.807, 2.05) is 19.1 Å². The minimum absolute atomic E-state index is 0.239. The maximum Gasteiger partial charge on any atom is 0.266 e. The van der Waals surface area contributed by atoms with Gasteiger partial charge in [-0.3, -0.25) is 9.69 Å². The van der Waals surface area contributed by atoms with Gasteiger partial charge in [0, 0.05) is 0 Å². The molecule has 128 valence electrons. The second kappa shape index (κ2) is 7.81. The third kappa shape index (κ3) is 3.79. The van der Waals surface area contributed by atoms with Gasteiger partial charge in [0.15, 0.2) is 0 Å². The van der Waals surface area contributed by atoms with Crippen LogP contribution >= 0.6 is 24.0 Å². The number of thioether (sulfide) groups is 1. The minimum atomic E-state index is -1.29. The fourth-order valence-corrected chi connectivity index (χ4v) is 3.75. The van der Waals surface area contributed by atoms with Gasteiger partial charge in [0.05, 0.1) is 24.0 Å². The molecule has 1 aliphatic rings. The highest BCUT2D eigenvalue weighted by molar-refractivity contribution is 8.26. The van der Waals surface area contributed by atoms with Crippen molar-refractivity contribution >= 4 is 46.3 Å². The molecule has 1 aliphatic heterocycles. The molecule has 0 radical (unpaired) electrons. The highest BCUT2D eigenvalue weighted by Gasteiger charge is 2.39. The van der Waals surface area contributed by atoms with Crippen molar-refractivity contribution in [1.82, 2.24) is 4.90 Å². The topological polar surface area (TPSA) is 69.7 Å². The number of hydrogen-bond donors (Lipinski definition) is 0. The van der Waals surface area contributed by atoms with Gasteiger partial charge in [-0.15, -0.1) is 0 Å². The number of aliphatic carboxylic acids is 1. The summed E-state index contributed by atoms with van der Waals surface area (Å²) in [6.45, 7) is 3.63. The number of ether oxygens (including phenoxy) is 1. The second-order valence-corrected chi connectivity index (χ2v) is 7.15. The number of nitrogens with zero attached hydrogens (tertiary/aromatic N) is 1. The predicted molar refractivity (Wildman–Crippen MR) is 96.3 cm³/mol. The van der Waals surface area contributed by atoms with E-state index in [0.29, 0.717) is 17.1 Å². The lowest BCUT2D eigenvalue weighted by Crippen LogP contribution is -2.53. The van der Waals surface area contributed by atoms with Crippen LogP contribution in [0.4, 0.5) is 0 Å². The van der Waals surface area contributed by atoms with E-state index in [1.165, 1.54) is 0 Å². The second-order valence-electron chi connectivity index (χ2n) is 5.48. The molecule has 7 heteroatoms. The lowest BCUT2D eigenvalue weighted by atomic mass is 9.98. The largest absolute Gasteiger partial charge is 0.548 e. The standard InChI is InChI=1S/C17H19NO4S2/c1-4-10(2)14(16(20)21)18-15(19)13(24-17(18)23)9-11-6-5-7-12(8-11)22-3/h5-10,14H,4H2,1-3H3,(H,20,21)/p-1/b13-9-/t10-,14+/m0/s1. The van der Waals surface area contributed by atoms with E-state index in [4.69, 9.17) is 17.0 Å². The third-order valence-corrected chi connectivity index (χ3v) is 5.25. The first kappa shape index (κ1) is 18.5.